The van der Waals surface area contributed by atoms with Crippen molar-refractivity contribution in [2.24, 2.45) is 11.8 Å². The predicted octanol–water partition coefficient (Wildman–Crippen LogP) is 6.75. The van der Waals surface area contributed by atoms with Gasteiger partial charge in [0, 0.05) is 13.2 Å². The summed E-state index contributed by atoms with van der Waals surface area (Å²) in [5.74, 6) is 2.22. The molecule has 1 fully saturated rings. The Balaban J connectivity index is 1.74. The minimum atomic E-state index is 0.947. The maximum Gasteiger partial charge on any atom is 0.0466 e. The van der Waals surface area contributed by atoms with Gasteiger partial charge in [0.15, 0.2) is 0 Å². The van der Waals surface area contributed by atoms with E-state index in [0.29, 0.717) is 0 Å². The van der Waals surface area contributed by atoms with E-state index in [1.807, 2.05) is 0 Å². The van der Waals surface area contributed by atoms with Gasteiger partial charge in [-0.3, -0.25) is 0 Å². The Morgan fingerprint density at radius 2 is 1.19 bits per heavy atom. The van der Waals surface area contributed by atoms with Crippen LogP contribution >= 0.6 is 0 Å². The maximum atomic E-state index is 5.52. The fourth-order valence-corrected chi connectivity index (χ4v) is 3.41. The molecule has 0 bridgehead atoms. The molecule has 1 nitrogen and oxygen atoms in total. The normalized spacial score (nSPS) is 20.9. The third kappa shape index (κ3) is 11.2. The van der Waals surface area contributed by atoms with Gasteiger partial charge in [0.25, 0.3) is 0 Å². The molecule has 1 saturated carbocycles. The average Bonchev–Trinajstić information content (AvgIpc) is 3.24. The van der Waals surface area contributed by atoms with Crippen molar-refractivity contribution in [3.63, 3.8) is 0 Å². The second-order valence-electron chi connectivity index (χ2n) is 7.13. The van der Waals surface area contributed by atoms with E-state index < -0.39 is 0 Å². The van der Waals surface area contributed by atoms with Gasteiger partial charge in [-0.25, -0.2) is 0 Å². The van der Waals surface area contributed by atoms with E-state index in [9.17, 15) is 0 Å². The van der Waals surface area contributed by atoms with E-state index in [1.54, 1.807) is 6.42 Å². The molecule has 0 radical (unpaired) electrons. The van der Waals surface area contributed by atoms with E-state index in [4.69, 9.17) is 4.74 Å². The lowest BCUT2D eigenvalue weighted by Gasteiger charge is -2.03. The van der Waals surface area contributed by atoms with E-state index in [0.717, 1.165) is 31.5 Å². The highest BCUT2D eigenvalue weighted by Gasteiger charge is 2.34. The molecular formula is C20H40O. The molecule has 126 valence electrons. The van der Waals surface area contributed by atoms with Crippen molar-refractivity contribution in [1.29, 1.82) is 0 Å². The first kappa shape index (κ1) is 19.0. The largest absolute Gasteiger partial charge is 0.381 e. The first-order chi connectivity index (χ1) is 10.4. The molecule has 1 rings (SSSR count). The molecule has 0 amide bonds. The molecule has 0 heterocycles. The molecule has 2 unspecified atom stereocenters. The molecule has 1 aliphatic rings. The summed E-state index contributed by atoms with van der Waals surface area (Å²) in [5, 5.41) is 0. The zero-order valence-electron chi connectivity index (χ0n) is 14.9. The third-order valence-corrected chi connectivity index (χ3v) is 4.96. The SMILES string of the molecule is CCCCCCCCC1CC1CCCCCCOCCC. The molecule has 0 spiro atoms. The number of unbranched alkanes of at least 4 members (excludes halogenated alkanes) is 8. The van der Waals surface area contributed by atoms with Crippen LogP contribution in [-0.4, -0.2) is 13.2 Å². The molecule has 0 aromatic rings. The molecule has 1 aliphatic carbocycles. The Labute approximate surface area is 134 Å². The Morgan fingerprint density at radius 3 is 1.81 bits per heavy atom. The van der Waals surface area contributed by atoms with Gasteiger partial charge in [0.2, 0.25) is 0 Å². The number of hydrogen-bond donors (Lipinski definition) is 0. The lowest BCUT2D eigenvalue weighted by atomic mass is 10.0. The summed E-state index contributed by atoms with van der Waals surface area (Å²) in [6.07, 6.45) is 20.0. The number of hydrogen-bond acceptors (Lipinski definition) is 1. The van der Waals surface area contributed by atoms with E-state index in [-0.39, 0.29) is 0 Å². The van der Waals surface area contributed by atoms with Crippen LogP contribution < -0.4 is 0 Å². The molecule has 0 aliphatic heterocycles. The van der Waals surface area contributed by atoms with Crippen molar-refractivity contribution in [2.45, 2.75) is 104 Å². The monoisotopic (exact) mass is 296 g/mol. The lowest BCUT2D eigenvalue weighted by molar-refractivity contribution is 0.130. The quantitative estimate of drug-likeness (QED) is 0.286. The topological polar surface area (TPSA) is 9.23 Å². The fraction of sp³-hybridized carbons (Fsp3) is 1.00. The molecule has 1 heteroatoms. The zero-order valence-corrected chi connectivity index (χ0v) is 14.9. The van der Waals surface area contributed by atoms with Crippen molar-refractivity contribution in [1.82, 2.24) is 0 Å². The van der Waals surface area contributed by atoms with Crippen LogP contribution in [0.3, 0.4) is 0 Å². The van der Waals surface area contributed by atoms with Crippen molar-refractivity contribution in [2.75, 3.05) is 13.2 Å². The van der Waals surface area contributed by atoms with Gasteiger partial charge in [0.05, 0.1) is 0 Å². The maximum absolute atomic E-state index is 5.52. The van der Waals surface area contributed by atoms with Gasteiger partial charge >= 0.3 is 0 Å². The molecule has 0 saturated heterocycles. The molecular weight excluding hydrogens is 256 g/mol. The molecule has 21 heavy (non-hydrogen) atoms. The van der Waals surface area contributed by atoms with Gasteiger partial charge in [0.1, 0.15) is 0 Å². The second kappa shape index (κ2) is 13.6. The van der Waals surface area contributed by atoms with Crippen molar-refractivity contribution >= 4 is 0 Å². The Morgan fingerprint density at radius 1 is 0.619 bits per heavy atom. The molecule has 0 aromatic carbocycles. The highest BCUT2D eigenvalue weighted by molar-refractivity contribution is 4.85. The molecule has 2 atom stereocenters. The van der Waals surface area contributed by atoms with Crippen LogP contribution in [-0.2, 0) is 4.74 Å². The summed E-state index contributed by atoms with van der Waals surface area (Å²) in [4.78, 5) is 0. The van der Waals surface area contributed by atoms with Crippen molar-refractivity contribution < 1.29 is 4.74 Å². The van der Waals surface area contributed by atoms with Gasteiger partial charge < -0.3 is 4.74 Å². The van der Waals surface area contributed by atoms with Crippen molar-refractivity contribution in [3.8, 4) is 0 Å². The zero-order chi connectivity index (χ0) is 15.2. The van der Waals surface area contributed by atoms with Crippen LogP contribution in [0.5, 0.6) is 0 Å². The van der Waals surface area contributed by atoms with Crippen LogP contribution in [0.2, 0.25) is 0 Å². The van der Waals surface area contributed by atoms with Crippen molar-refractivity contribution in [3.05, 3.63) is 0 Å². The van der Waals surface area contributed by atoms with Gasteiger partial charge in [-0.2, -0.15) is 0 Å². The highest BCUT2D eigenvalue weighted by atomic mass is 16.5. The molecule has 0 aromatic heterocycles. The average molecular weight is 297 g/mol. The third-order valence-electron chi connectivity index (χ3n) is 4.96. The van der Waals surface area contributed by atoms with E-state index in [2.05, 4.69) is 13.8 Å². The van der Waals surface area contributed by atoms with Gasteiger partial charge in [-0.1, -0.05) is 84.5 Å². The standard InChI is InChI=1S/C20H40O/c1-3-5-6-7-8-11-14-19-18-20(19)15-12-9-10-13-17-21-16-4-2/h19-20H,3-18H2,1-2H3. The van der Waals surface area contributed by atoms with Crippen LogP contribution in [0, 0.1) is 11.8 Å². The summed E-state index contributed by atoms with van der Waals surface area (Å²) < 4.78 is 5.52. The first-order valence-electron chi connectivity index (χ1n) is 9.96. The van der Waals surface area contributed by atoms with Crippen LogP contribution in [0.4, 0.5) is 0 Å². The molecule has 0 N–H and O–H groups in total. The van der Waals surface area contributed by atoms with Gasteiger partial charge in [-0.05, 0) is 31.1 Å². The Bertz CT molecular complexity index is 214. The van der Waals surface area contributed by atoms with Gasteiger partial charge in [-0.15, -0.1) is 0 Å². The van der Waals surface area contributed by atoms with Crippen LogP contribution in [0.15, 0.2) is 0 Å². The Kier molecular flexibility index (Phi) is 12.3. The second-order valence-corrected chi connectivity index (χ2v) is 7.13. The summed E-state index contributed by atoms with van der Waals surface area (Å²) in [6.45, 7) is 6.41. The summed E-state index contributed by atoms with van der Waals surface area (Å²) >= 11 is 0. The van der Waals surface area contributed by atoms with Crippen LogP contribution in [0.25, 0.3) is 0 Å². The number of ether oxygens (including phenoxy) is 1. The summed E-state index contributed by atoms with van der Waals surface area (Å²) in [5.41, 5.74) is 0. The minimum Gasteiger partial charge on any atom is -0.381 e. The summed E-state index contributed by atoms with van der Waals surface area (Å²) in [6, 6.07) is 0. The van der Waals surface area contributed by atoms with Crippen LogP contribution in [0.1, 0.15) is 104 Å². The summed E-state index contributed by atoms with van der Waals surface area (Å²) in [7, 11) is 0. The first-order valence-corrected chi connectivity index (χ1v) is 9.96. The lowest BCUT2D eigenvalue weighted by Crippen LogP contribution is -1.95. The highest BCUT2D eigenvalue weighted by Crippen LogP contribution is 2.45. The number of rotatable bonds is 16. The van der Waals surface area contributed by atoms with E-state index in [1.165, 1.54) is 77.0 Å². The van der Waals surface area contributed by atoms with E-state index >= 15 is 0 Å². The Hall–Kier alpha value is -0.0400. The fourth-order valence-electron chi connectivity index (χ4n) is 3.41. The predicted molar refractivity (Wildman–Crippen MR) is 93.8 cm³/mol. The minimum absolute atomic E-state index is 0.947. The smallest absolute Gasteiger partial charge is 0.0466 e.